The summed E-state index contributed by atoms with van der Waals surface area (Å²) in [7, 11) is 1.63. The smallest absolute Gasteiger partial charge is 0.410 e. The van der Waals surface area contributed by atoms with Crippen LogP contribution >= 0.6 is 0 Å². The van der Waals surface area contributed by atoms with Crippen molar-refractivity contribution in [2.24, 2.45) is 11.8 Å². The van der Waals surface area contributed by atoms with Gasteiger partial charge in [0.25, 0.3) is 0 Å². The number of ether oxygens (including phenoxy) is 5. The molecule has 1 saturated heterocycles. The highest BCUT2D eigenvalue weighted by Crippen LogP contribution is 2.30. The molecule has 0 aromatic carbocycles. The first-order valence-corrected chi connectivity index (χ1v) is 10.4. The van der Waals surface area contributed by atoms with Crippen molar-refractivity contribution in [1.82, 2.24) is 4.90 Å². The van der Waals surface area contributed by atoms with Gasteiger partial charge in [-0.2, -0.15) is 0 Å². The largest absolute Gasteiger partial charge is 0.462 e. The number of nitrogens with zero attached hydrogens (tertiary/aromatic N) is 1. The number of hydrogen-bond acceptors (Lipinski definition) is 7. The van der Waals surface area contributed by atoms with E-state index in [9.17, 15) is 9.59 Å². The Hall–Kier alpha value is -1.38. The molecule has 3 unspecified atom stereocenters. The second kappa shape index (κ2) is 13.0. The molecular weight excluding hydrogens is 378 g/mol. The summed E-state index contributed by atoms with van der Waals surface area (Å²) < 4.78 is 26.7. The normalized spacial score (nSPS) is 21.0. The van der Waals surface area contributed by atoms with E-state index in [1.54, 1.807) is 12.0 Å². The maximum absolute atomic E-state index is 12.5. The Kier molecular flexibility index (Phi) is 11.5. The molecule has 170 valence electrons. The Bertz CT molecular complexity index is 492. The molecule has 1 fully saturated rings. The average Bonchev–Trinajstić information content (AvgIpc) is 2.62. The number of rotatable bonds is 11. The van der Waals surface area contributed by atoms with Gasteiger partial charge in [0.2, 0.25) is 0 Å². The number of methoxy groups -OCH3 is 1. The number of hydrogen-bond donors (Lipinski definition) is 0. The molecule has 0 saturated carbocycles. The molecule has 1 aliphatic rings. The van der Waals surface area contributed by atoms with Crippen molar-refractivity contribution in [3.8, 4) is 0 Å². The summed E-state index contributed by atoms with van der Waals surface area (Å²) in [4.78, 5) is 25.7. The molecule has 0 aromatic heterocycles. The average molecular weight is 418 g/mol. The van der Waals surface area contributed by atoms with Crippen molar-refractivity contribution in [3.05, 3.63) is 0 Å². The third-order valence-corrected chi connectivity index (χ3v) is 4.84. The summed E-state index contributed by atoms with van der Waals surface area (Å²) in [5.74, 6) is 0.0511. The second-order valence-corrected chi connectivity index (χ2v) is 8.57. The molecule has 8 nitrogen and oxygen atoms in total. The van der Waals surface area contributed by atoms with Gasteiger partial charge in [-0.25, -0.2) is 4.79 Å². The molecule has 3 atom stereocenters. The fourth-order valence-corrected chi connectivity index (χ4v) is 3.40. The van der Waals surface area contributed by atoms with Crippen LogP contribution in [0.3, 0.4) is 0 Å². The standard InChI is InChI=1S/C21H39NO7/c1-16(8-7-11-26-15-27-13-12-25-6)18-14-22(20(24)29-21(3,4)5)10-9-19(18)28-17(2)23/h16,18-19H,7-15H2,1-6H3. The van der Waals surface area contributed by atoms with Gasteiger partial charge < -0.3 is 28.6 Å². The Balaban J connectivity index is 2.51. The van der Waals surface area contributed by atoms with Crippen molar-refractivity contribution < 1.29 is 33.3 Å². The predicted molar refractivity (Wildman–Crippen MR) is 109 cm³/mol. The van der Waals surface area contributed by atoms with E-state index in [1.807, 2.05) is 20.8 Å². The third kappa shape index (κ3) is 10.8. The van der Waals surface area contributed by atoms with Crippen LogP contribution in [0.4, 0.5) is 4.79 Å². The predicted octanol–water partition coefficient (Wildman–Crippen LogP) is 3.23. The Morgan fingerprint density at radius 1 is 1.14 bits per heavy atom. The number of likely N-dealkylation sites (tertiary alicyclic amines) is 1. The van der Waals surface area contributed by atoms with Gasteiger partial charge in [0, 0.05) is 46.1 Å². The lowest BCUT2D eigenvalue weighted by molar-refractivity contribution is -0.153. The van der Waals surface area contributed by atoms with E-state index in [0.29, 0.717) is 39.3 Å². The van der Waals surface area contributed by atoms with Gasteiger partial charge in [-0.3, -0.25) is 4.79 Å². The zero-order chi connectivity index (χ0) is 21.9. The molecule has 1 heterocycles. The first-order valence-electron chi connectivity index (χ1n) is 10.4. The molecule has 0 N–H and O–H groups in total. The van der Waals surface area contributed by atoms with E-state index < -0.39 is 5.60 Å². The zero-order valence-electron chi connectivity index (χ0n) is 18.9. The Morgan fingerprint density at radius 2 is 1.83 bits per heavy atom. The van der Waals surface area contributed by atoms with Crippen molar-refractivity contribution in [3.63, 3.8) is 0 Å². The van der Waals surface area contributed by atoms with Crippen LogP contribution in [-0.2, 0) is 28.5 Å². The minimum Gasteiger partial charge on any atom is -0.462 e. The van der Waals surface area contributed by atoms with Gasteiger partial charge in [0.1, 0.15) is 18.5 Å². The van der Waals surface area contributed by atoms with E-state index in [4.69, 9.17) is 23.7 Å². The van der Waals surface area contributed by atoms with E-state index in [-0.39, 0.29) is 36.8 Å². The van der Waals surface area contributed by atoms with Crippen molar-refractivity contribution >= 4 is 12.1 Å². The summed E-state index contributed by atoms with van der Waals surface area (Å²) in [6.45, 7) is 12.1. The van der Waals surface area contributed by atoms with Crippen LogP contribution in [0.5, 0.6) is 0 Å². The van der Waals surface area contributed by atoms with E-state index in [1.165, 1.54) is 6.92 Å². The van der Waals surface area contributed by atoms with E-state index in [2.05, 4.69) is 6.92 Å². The Morgan fingerprint density at radius 3 is 2.45 bits per heavy atom. The lowest BCUT2D eigenvalue weighted by atomic mass is 9.82. The number of piperidine rings is 1. The van der Waals surface area contributed by atoms with Gasteiger partial charge in [-0.15, -0.1) is 0 Å². The lowest BCUT2D eigenvalue weighted by Crippen LogP contribution is -2.50. The van der Waals surface area contributed by atoms with Crippen molar-refractivity contribution in [2.45, 2.75) is 65.6 Å². The van der Waals surface area contributed by atoms with Crippen molar-refractivity contribution in [1.29, 1.82) is 0 Å². The fraction of sp³-hybridized carbons (Fsp3) is 0.905. The van der Waals surface area contributed by atoms with Crippen LogP contribution in [-0.4, -0.2) is 75.5 Å². The topological polar surface area (TPSA) is 83.5 Å². The number of carbonyl (C=O) groups excluding carboxylic acids is 2. The molecule has 1 aliphatic heterocycles. The van der Waals surface area contributed by atoms with Crippen LogP contribution < -0.4 is 0 Å². The highest BCUT2D eigenvalue weighted by molar-refractivity contribution is 5.68. The maximum atomic E-state index is 12.5. The summed E-state index contributed by atoms with van der Waals surface area (Å²) in [5, 5.41) is 0. The first-order chi connectivity index (χ1) is 13.6. The van der Waals surface area contributed by atoms with Crippen LogP contribution in [0.25, 0.3) is 0 Å². The minimum atomic E-state index is -0.534. The highest BCUT2D eigenvalue weighted by Gasteiger charge is 2.37. The summed E-state index contributed by atoms with van der Waals surface area (Å²) in [6, 6.07) is 0. The van der Waals surface area contributed by atoms with E-state index >= 15 is 0 Å². The molecule has 0 radical (unpaired) electrons. The zero-order valence-corrected chi connectivity index (χ0v) is 18.9. The van der Waals surface area contributed by atoms with Crippen LogP contribution in [0.1, 0.15) is 53.9 Å². The molecule has 0 aliphatic carbocycles. The van der Waals surface area contributed by atoms with Crippen LogP contribution in [0.2, 0.25) is 0 Å². The van der Waals surface area contributed by atoms with Gasteiger partial charge in [0.15, 0.2) is 0 Å². The first kappa shape index (κ1) is 25.7. The van der Waals surface area contributed by atoms with Gasteiger partial charge in [-0.05, 0) is 39.5 Å². The third-order valence-electron chi connectivity index (χ3n) is 4.84. The maximum Gasteiger partial charge on any atom is 0.410 e. The number of amides is 1. The molecule has 0 aromatic rings. The molecule has 1 amide bonds. The molecular formula is C21H39NO7. The molecule has 0 bridgehead atoms. The van der Waals surface area contributed by atoms with Gasteiger partial charge >= 0.3 is 12.1 Å². The quantitative estimate of drug-likeness (QED) is 0.290. The highest BCUT2D eigenvalue weighted by atomic mass is 16.7. The fourth-order valence-electron chi connectivity index (χ4n) is 3.40. The lowest BCUT2D eigenvalue weighted by Gasteiger charge is -2.41. The van der Waals surface area contributed by atoms with Gasteiger partial charge in [-0.1, -0.05) is 6.92 Å². The summed E-state index contributed by atoms with van der Waals surface area (Å²) in [6.07, 6.45) is 1.90. The Labute approximate surface area is 175 Å². The van der Waals surface area contributed by atoms with E-state index in [0.717, 1.165) is 12.8 Å². The van der Waals surface area contributed by atoms with Crippen LogP contribution in [0.15, 0.2) is 0 Å². The van der Waals surface area contributed by atoms with Gasteiger partial charge in [0.05, 0.1) is 13.2 Å². The number of carbonyl (C=O) groups is 2. The molecule has 1 rings (SSSR count). The SMILES string of the molecule is COCCOCOCCCC(C)C1CN(C(=O)OC(C)(C)C)CCC1OC(C)=O. The van der Waals surface area contributed by atoms with Crippen LogP contribution in [0, 0.1) is 11.8 Å². The monoisotopic (exact) mass is 417 g/mol. The number of esters is 1. The molecule has 0 spiro atoms. The minimum absolute atomic E-state index is 0.0677. The van der Waals surface area contributed by atoms with Crippen molar-refractivity contribution in [2.75, 3.05) is 46.8 Å². The molecule has 8 heteroatoms. The summed E-state index contributed by atoms with van der Waals surface area (Å²) in [5.41, 5.74) is -0.534. The summed E-state index contributed by atoms with van der Waals surface area (Å²) >= 11 is 0. The second-order valence-electron chi connectivity index (χ2n) is 8.57. The molecule has 29 heavy (non-hydrogen) atoms.